The molecule has 6 rings (SSSR count). The lowest BCUT2D eigenvalue weighted by Crippen LogP contribution is -2.34. The Bertz CT molecular complexity index is 1430. The number of nitrogens with two attached hydrogens (primary N) is 1. The number of anilines is 1. The maximum atomic E-state index is 13.0. The molecule has 32 heavy (non-hydrogen) atoms. The van der Waals surface area contributed by atoms with Crippen molar-refractivity contribution in [3.8, 4) is 34.1 Å². The van der Waals surface area contributed by atoms with E-state index < -0.39 is 11.6 Å². The SMILES string of the molecule is Nc1c(O)cc2c(c1-c1ccccc1)C1(OC(=O)c3ccccc31)c1ccc(O)cc1O2. The average molecular weight is 423 g/mol. The van der Waals surface area contributed by atoms with E-state index in [-0.39, 0.29) is 22.9 Å². The third kappa shape index (κ3) is 2.26. The number of ether oxygens (including phenoxy) is 2. The molecule has 4 aromatic rings. The number of hydrogen-bond donors (Lipinski definition) is 3. The van der Waals surface area contributed by atoms with Gasteiger partial charge in [0, 0.05) is 28.8 Å². The second-order valence-corrected chi connectivity index (χ2v) is 7.82. The summed E-state index contributed by atoms with van der Waals surface area (Å²) >= 11 is 0. The van der Waals surface area contributed by atoms with Gasteiger partial charge in [-0.15, -0.1) is 0 Å². The van der Waals surface area contributed by atoms with Crippen LogP contribution < -0.4 is 10.5 Å². The number of phenols is 2. The van der Waals surface area contributed by atoms with Gasteiger partial charge in [0.1, 0.15) is 23.0 Å². The molecule has 2 aliphatic heterocycles. The summed E-state index contributed by atoms with van der Waals surface area (Å²) in [5.41, 5.74) is 8.61. The van der Waals surface area contributed by atoms with Crippen LogP contribution in [0.5, 0.6) is 23.0 Å². The van der Waals surface area contributed by atoms with Crippen LogP contribution in [0.15, 0.2) is 78.9 Å². The largest absolute Gasteiger partial charge is 0.508 e. The van der Waals surface area contributed by atoms with Gasteiger partial charge in [0.2, 0.25) is 0 Å². The van der Waals surface area contributed by atoms with Crippen molar-refractivity contribution in [3.05, 3.63) is 101 Å². The maximum Gasteiger partial charge on any atom is 0.340 e. The fourth-order valence-corrected chi connectivity index (χ4v) is 4.74. The number of hydrogen-bond acceptors (Lipinski definition) is 6. The highest BCUT2D eigenvalue weighted by molar-refractivity contribution is 5.99. The van der Waals surface area contributed by atoms with Crippen molar-refractivity contribution >= 4 is 11.7 Å². The first-order chi connectivity index (χ1) is 15.5. The lowest BCUT2D eigenvalue weighted by atomic mass is 9.74. The lowest BCUT2D eigenvalue weighted by Gasteiger charge is -2.38. The molecule has 2 aliphatic rings. The molecule has 0 amide bonds. The van der Waals surface area contributed by atoms with Gasteiger partial charge in [-0.05, 0) is 23.8 Å². The average Bonchev–Trinajstić information content (AvgIpc) is 3.09. The van der Waals surface area contributed by atoms with Crippen molar-refractivity contribution in [2.24, 2.45) is 0 Å². The third-order valence-corrected chi connectivity index (χ3v) is 6.06. The highest BCUT2D eigenvalue weighted by Gasteiger charge is 2.55. The molecule has 6 nitrogen and oxygen atoms in total. The molecule has 6 heteroatoms. The highest BCUT2D eigenvalue weighted by atomic mass is 16.6. The molecule has 0 aromatic heterocycles. The Hall–Kier alpha value is -4.45. The minimum absolute atomic E-state index is 0.00269. The van der Waals surface area contributed by atoms with Crippen molar-refractivity contribution in [2.75, 3.05) is 5.73 Å². The predicted octanol–water partition coefficient (Wildman–Crippen LogP) is 4.92. The first-order valence-corrected chi connectivity index (χ1v) is 10.1. The number of carbonyl (C=O) groups excluding carboxylic acids is 1. The minimum atomic E-state index is -1.36. The van der Waals surface area contributed by atoms with Gasteiger partial charge in [-0.3, -0.25) is 0 Å². The molecule has 0 fully saturated rings. The van der Waals surface area contributed by atoms with E-state index in [9.17, 15) is 15.0 Å². The number of fused-ring (bicyclic) bond motifs is 6. The molecular weight excluding hydrogens is 406 g/mol. The summed E-state index contributed by atoms with van der Waals surface area (Å²) in [6.07, 6.45) is 0. The molecule has 0 aliphatic carbocycles. The summed E-state index contributed by atoms with van der Waals surface area (Å²) in [5.74, 6) is -0.0108. The second kappa shape index (κ2) is 6.28. The Morgan fingerprint density at radius 1 is 0.812 bits per heavy atom. The Labute approximate surface area is 183 Å². The molecule has 0 radical (unpaired) electrons. The molecule has 1 unspecified atom stereocenters. The van der Waals surface area contributed by atoms with Crippen LogP contribution in [-0.2, 0) is 10.3 Å². The van der Waals surface area contributed by atoms with Crippen LogP contribution in [0.25, 0.3) is 11.1 Å². The van der Waals surface area contributed by atoms with Crippen LogP contribution >= 0.6 is 0 Å². The summed E-state index contributed by atoms with van der Waals surface area (Å²) in [6.45, 7) is 0. The van der Waals surface area contributed by atoms with E-state index in [4.69, 9.17) is 15.2 Å². The first kappa shape index (κ1) is 18.3. The predicted molar refractivity (Wildman–Crippen MR) is 118 cm³/mol. The van der Waals surface area contributed by atoms with E-state index in [0.717, 1.165) is 5.56 Å². The van der Waals surface area contributed by atoms with E-state index in [1.807, 2.05) is 42.5 Å². The second-order valence-electron chi connectivity index (χ2n) is 7.82. The van der Waals surface area contributed by atoms with Gasteiger partial charge in [-0.2, -0.15) is 0 Å². The molecular formula is C26H17NO5. The van der Waals surface area contributed by atoms with E-state index in [1.165, 1.54) is 18.2 Å². The first-order valence-electron chi connectivity index (χ1n) is 10.1. The standard InChI is InChI=1S/C26H17NO5/c27-24-19(29)13-21-23(22(24)14-6-2-1-3-7-14)26(18-11-10-15(28)12-20(18)31-21)17-9-5-4-8-16(17)25(30)32-26/h1-13,28-29H,27H2. The zero-order valence-electron chi connectivity index (χ0n) is 16.7. The van der Waals surface area contributed by atoms with Gasteiger partial charge in [0.05, 0.1) is 16.8 Å². The van der Waals surface area contributed by atoms with E-state index in [0.29, 0.717) is 33.6 Å². The molecule has 0 bridgehead atoms. The number of phenolic OH excluding ortho intramolecular Hbond substituents is 2. The van der Waals surface area contributed by atoms with Gasteiger partial charge in [-0.25, -0.2) is 4.79 Å². The van der Waals surface area contributed by atoms with Gasteiger partial charge < -0.3 is 25.4 Å². The molecule has 1 atom stereocenters. The topological polar surface area (TPSA) is 102 Å². The minimum Gasteiger partial charge on any atom is -0.508 e. The molecule has 0 saturated heterocycles. The Morgan fingerprint density at radius 3 is 2.38 bits per heavy atom. The van der Waals surface area contributed by atoms with Crippen LogP contribution in [0, 0.1) is 0 Å². The summed E-state index contributed by atoms with van der Waals surface area (Å²) in [7, 11) is 0. The zero-order valence-corrected chi connectivity index (χ0v) is 16.7. The van der Waals surface area contributed by atoms with E-state index >= 15 is 0 Å². The monoisotopic (exact) mass is 423 g/mol. The van der Waals surface area contributed by atoms with Crippen LogP contribution in [0.4, 0.5) is 5.69 Å². The molecule has 2 heterocycles. The fraction of sp³-hybridized carbons (Fsp3) is 0.0385. The van der Waals surface area contributed by atoms with Crippen LogP contribution in [0.1, 0.15) is 27.0 Å². The number of rotatable bonds is 1. The Kier molecular flexibility index (Phi) is 3.60. The summed E-state index contributed by atoms with van der Waals surface area (Å²) in [6, 6.07) is 22.6. The quantitative estimate of drug-likeness (QED) is 0.228. The normalized spacial score (nSPS) is 17.8. The van der Waals surface area contributed by atoms with Crippen molar-refractivity contribution in [1.82, 2.24) is 0 Å². The summed E-state index contributed by atoms with van der Waals surface area (Å²) in [5, 5.41) is 20.7. The number of esters is 1. The third-order valence-electron chi connectivity index (χ3n) is 6.06. The van der Waals surface area contributed by atoms with Crippen molar-refractivity contribution < 1.29 is 24.5 Å². The number of nitrogen functional groups attached to an aromatic ring is 1. The molecule has 0 saturated carbocycles. The maximum absolute atomic E-state index is 13.0. The van der Waals surface area contributed by atoms with Gasteiger partial charge in [-0.1, -0.05) is 48.5 Å². The molecule has 4 aromatic carbocycles. The lowest BCUT2D eigenvalue weighted by molar-refractivity contribution is 0.0226. The number of benzene rings is 4. The Balaban J connectivity index is 1.80. The smallest absolute Gasteiger partial charge is 0.340 e. The van der Waals surface area contributed by atoms with Gasteiger partial charge >= 0.3 is 5.97 Å². The van der Waals surface area contributed by atoms with Crippen molar-refractivity contribution in [2.45, 2.75) is 5.60 Å². The zero-order chi connectivity index (χ0) is 22.0. The molecule has 4 N–H and O–H groups in total. The number of carbonyl (C=O) groups is 1. The highest BCUT2D eigenvalue weighted by Crippen LogP contribution is 2.60. The summed E-state index contributed by atoms with van der Waals surface area (Å²) < 4.78 is 12.3. The summed E-state index contributed by atoms with van der Waals surface area (Å²) in [4.78, 5) is 13.0. The van der Waals surface area contributed by atoms with E-state index in [2.05, 4.69) is 0 Å². The van der Waals surface area contributed by atoms with Crippen LogP contribution in [0.2, 0.25) is 0 Å². The fourth-order valence-electron chi connectivity index (χ4n) is 4.74. The Morgan fingerprint density at radius 2 is 1.56 bits per heavy atom. The van der Waals surface area contributed by atoms with E-state index in [1.54, 1.807) is 18.2 Å². The van der Waals surface area contributed by atoms with Crippen molar-refractivity contribution in [1.29, 1.82) is 0 Å². The van der Waals surface area contributed by atoms with Crippen LogP contribution in [-0.4, -0.2) is 16.2 Å². The van der Waals surface area contributed by atoms with Crippen molar-refractivity contribution in [3.63, 3.8) is 0 Å². The molecule has 1 spiro atoms. The van der Waals surface area contributed by atoms with Crippen LogP contribution in [0.3, 0.4) is 0 Å². The van der Waals surface area contributed by atoms with Gasteiger partial charge in [0.25, 0.3) is 0 Å². The molecule has 156 valence electrons. The van der Waals surface area contributed by atoms with Gasteiger partial charge in [0.15, 0.2) is 5.60 Å². The number of aromatic hydroxyl groups is 2.